The molecule has 1 saturated heterocycles. The third-order valence-electron chi connectivity index (χ3n) is 3.90. The first-order valence-corrected chi connectivity index (χ1v) is 6.62. The zero-order valence-corrected chi connectivity index (χ0v) is 12.3. The third-order valence-corrected chi connectivity index (χ3v) is 3.90. The zero-order chi connectivity index (χ0) is 14.0. The molecular weight excluding hydrogens is 226 g/mol. The molecule has 102 valence electrons. The van der Waals surface area contributed by atoms with Crippen molar-refractivity contribution >= 4 is 5.91 Å². The number of carbonyl (C=O) groups excluding carboxylic acids is 1. The van der Waals surface area contributed by atoms with E-state index in [9.17, 15) is 4.79 Å². The highest BCUT2D eigenvalue weighted by molar-refractivity contribution is 5.86. The molecule has 1 aliphatic rings. The van der Waals surface area contributed by atoms with Crippen molar-refractivity contribution in [2.24, 2.45) is 5.41 Å². The summed E-state index contributed by atoms with van der Waals surface area (Å²) < 4.78 is 0. The van der Waals surface area contributed by atoms with Gasteiger partial charge in [-0.1, -0.05) is 0 Å². The molecule has 0 N–H and O–H groups in total. The minimum atomic E-state index is -0.413. The Morgan fingerprint density at radius 1 is 1.39 bits per heavy atom. The van der Waals surface area contributed by atoms with Crippen molar-refractivity contribution in [1.29, 1.82) is 5.26 Å². The molecule has 0 radical (unpaired) electrons. The van der Waals surface area contributed by atoms with Crippen molar-refractivity contribution in [3.05, 3.63) is 0 Å². The fraction of sp³-hybridized carbons (Fsp3) is 0.857. The van der Waals surface area contributed by atoms with Crippen LogP contribution >= 0.6 is 0 Å². The van der Waals surface area contributed by atoms with Crippen molar-refractivity contribution in [1.82, 2.24) is 9.80 Å². The van der Waals surface area contributed by atoms with E-state index >= 15 is 0 Å². The smallest absolute Gasteiger partial charge is 0.242 e. The van der Waals surface area contributed by atoms with Crippen LogP contribution in [0.5, 0.6) is 0 Å². The second-order valence-electron chi connectivity index (χ2n) is 6.37. The normalized spacial score (nSPS) is 20.9. The molecule has 1 fully saturated rings. The van der Waals surface area contributed by atoms with Gasteiger partial charge in [-0.3, -0.25) is 9.69 Å². The molecule has 18 heavy (non-hydrogen) atoms. The van der Waals surface area contributed by atoms with Crippen LogP contribution in [0.2, 0.25) is 0 Å². The first-order valence-electron chi connectivity index (χ1n) is 6.62. The van der Waals surface area contributed by atoms with Gasteiger partial charge in [-0.05, 0) is 47.1 Å². The largest absolute Gasteiger partial charge is 0.343 e. The molecule has 0 unspecified atom stereocenters. The van der Waals surface area contributed by atoms with E-state index in [-0.39, 0.29) is 11.3 Å². The standard InChI is InChI=1S/C14H25N3O/c1-13(2,11-15)7-6-8-17-10-9-16(5)12(18)14(17,3)4/h6-10H2,1-5H3. The van der Waals surface area contributed by atoms with Gasteiger partial charge in [0, 0.05) is 20.1 Å². The maximum absolute atomic E-state index is 12.1. The summed E-state index contributed by atoms with van der Waals surface area (Å²) in [7, 11) is 1.86. The van der Waals surface area contributed by atoms with Crippen molar-refractivity contribution in [2.75, 3.05) is 26.7 Å². The van der Waals surface area contributed by atoms with Gasteiger partial charge in [0.2, 0.25) is 5.91 Å². The maximum Gasteiger partial charge on any atom is 0.242 e. The van der Waals surface area contributed by atoms with Crippen LogP contribution in [0.25, 0.3) is 0 Å². The Bertz CT molecular complexity index is 355. The van der Waals surface area contributed by atoms with Crippen molar-refractivity contribution in [2.45, 2.75) is 46.1 Å². The fourth-order valence-corrected chi connectivity index (χ4v) is 2.41. The van der Waals surface area contributed by atoms with E-state index in [1.54, 1.807) is 4.90 Å². The Labute approximate surface area is 111 Å². The lowest BCUT2D eigenvalue weighted by atomic mass is 9.89. The number of nitrogens with zero attached hydrogens (tertiary/aromatic N) is 3. The number of hydrogen-bond acceptors (Lipinski definition) is 3. The highest BCUT2D eigenvalue weighted by Gasteiger charge is 2.39. The summed E-state index contributed by atoms with van der Waals surface area (Å²) in [6.07, 6.45) is 1.83. The first kappa shape index (κ1) is 15.0. The number of nitriles is 1. The molecule has 0 bridgehead atoms. The van der Waals surface area contributed by atoms with Crippen LogP contribution in [0, 0.1) is 16.7 Å². The highest BCUT2D eigenvalue weighted by Crippen LogP contribution is 2.25. The fourth-order valence-electron chi connectivity index (χ4n) is 2.41. The Hall–Kier alpha value is -1.08. The summed E-state index contributed by atoms with van der Waals surface area (Å²) in [5.74, 6) is 0.188. The van der Waals surface area contributed by atoms with E-state index in [0.717, 1.165) is 32.5 Å². The lowest BCUT2D eigenvalue weighted by molar-refractivity contribution is -0.147. The molecule has 4 nitrogen and oxygen atoms in total. The Morgan fingerprint density at radius 2 is 2.00 bits per heavy atom. The monoisotopic (exact) mass is 251 g/mol. The van der Waals surface area contributed by atoms with Crippen LogP contribution in [-0.4, -0.2) is 47.9 Å². The number of rotatable bonds is 4. The Kier molecular flexibility index (Phi) is 4.39. The number of hydrogen-bond donors (Lipinski definition) is 0. The molecule has 0 saturated carbocycles. The highest BCUT2D eigenvalue weighted by atomic mass is 16.2. The van der Waals surface area contributed by atoms with E-state index in [1.165, 1.54) is 0 Å². The molecule has 0 aliphatic carbocycles. The molecule has 1 aliphatic heterocycles. The predicted octanol–water partition coefficient (Wildman–Crippen LogP) is 1.87. The number of amides is 1. The van der Waals surface area contributed by atoms with Gasteiger partial charge in [0.05, 0.1) is 17.0 Å². The van der Waals surface area contributed by atoms with Gasteiger partial charge in [-0.2, -0.15) is 5.26 Å². The summed E-state index contributed by atoms with van der Waals surface area (Å²) in [5, 5.41) is 8.99. The minimum Gasteiger partial charge on any atom is -0.343 e. The molecule has 1 rings (SSSR count). The predicted molar refractivity (Wildman–Crippen MR) is 71.9 cm³/mol. The van der Waals surface area contributed by atoms with Gasteiger partial charge in [0.15, 0.2) is 0 Å². The Balaban J connectivity index is 2.53. The molecule has 0 aromatic rings. The van der Waals surface area contributed by atoms with Gasteiger partial charge in [-0.25, -0.2) is 0 Å². The van der Waals surface area contributed by atoms with Crippen molar-refractivity contribution in [3.63, 3.8) is 0 Å². The van der Waals surface area contributed by atoms with Crippen LogP contribution in [0.1, 0.15) is 40.5 Å². The molecule has 4 heteroatoms. The van der Waals surface area contributed by atoms with E-state index in [2.05, 4.69) is 11.0 Å². The minimum absolute atomic E-state index is 0.188. The molecule has 0 aromatic carbocycles. The second-order valence-corrected chi connectivity index (χ2v) is 6.37. The molecular formula is C14H25N3O. The number of likely N-dealkylation sites (N-methyl/N-ethyl adjacent to an activating group) is 1. The average molecular weight is 251 g/mol. The topological polar surface area (TPSA) is 47.3 Å². The van der Waals surface area contributed by atoms with Crippen LogP contribution in [-0.2, 0) is 4.79 Å². The number of carbonyl (C=O) groups is 1. The molecule has 1 heterocycles. The van der Waals surface area contributed by atoms with E-state index in [1.807, 2.05) is 34.7 Å². The third kappa shape index (κ3) is 3.23. The molecule has 1 amide bonds. The van der Waals surface area contributed by atoms with Gasteiger partial charge < -0.3 is 4.90 Å². The van der Waals surface area contributed by atoms with Crippen LogP contribution < -0.4 is 0 Å². The first-order chi connectivity index (χ1) is 8.20. The van der Waals surface area contributed by atoms with Gasteiger partial charge >= 0.3 is 0 Å². The van der Waals surface area contributed by atoms with E-state index in [0.29, 0.717) is 0 Å². The molecule has 0 aromatic heterocycles. The van der Waals surface area contributed by atoms with Crippen LogP contribution in [0.3, 0.4) is 0 Å². The maximum atomic E-state index is 12.1. The lowest BCUT2D eigenvalue weighted by Gasteiger charge is -2.45. The molecule has 0 atom stereocenters. The SMILES string of the molecule is CN1CCN(CCCC(C)(C)C#N)C(C)(C)C1=O. The molecule has 0 spiro atoms. The summed E-state index contributed by atoms with van der Waals surface area (Å²) in [5.41, 5.74) is -0.676. The van der Waals surface area contributed by atoms with Gasteiger partial charge in [0.25, 0.3) is 0 Å². The summed E-state index contributed by atoms with van der Waals surface area (Å²) in [6, 6.07) is 2.32. The van der Waals surface area contributed by atoms with Crippen LogP contribution in [0.4, 0.5) is 0 Å². The van der Waals surface area contributed by atoms with E-state index < -0.39 is 5.54 Å². The summed E-state index contributed by atoms with van der Waals surface area (Å²) in [6.45, 7) is 10.5. The zero-order valence-electron chi connectivity index (χ0n) is 12.3. The summed E-state index contributed by atoms with van der Waals surface area (Å²) >= 11 is 0. The van der Waals surface area contributed by atoms with Crippen molar-refractivity contribution < 1.29 is 4.79 Å². The lowest BCUT2D eigenvalue weighted by Crippen LogP contribution is -2.62. The van der Waals surface area contributed by atoms with Crippen LogP contribution in [0.15, 0.2) is 0 Å². The Morgan fingerprint density at radius 3 is 2.56 bits per heavy atom. The second kappa shape index (κ2) is 5.27. The van der Waals surface area contributed by atoms with Crippen molar-refractivity contribution in [3.8, 4) is 6.07 Å². The van der Waals surface area contributed by atoms with Gasteiger partial charge in [0.1, 0.15) is 0 Å². The van der Waals surface area contributed by atoms with E-state index in [4.69, 9.17) is 5.26 Å². The summed E-state index contributed by atoms with van der Waals surface area (Å²) in [4.78, 5) is 16.1. The average Bonchev–Trinajstić information content (AvgIpc) is 2.30. The van der Waals surface area contributed by atoms with Gasteiger partial charge in [-0.15, -0.1) is 0 Å². The number of piperazine rings is 1. The quantitative estimate of drug-likeness (QED) is 0.766.